The number of para-hydroxylation sites is 1. The lowest BCUT2D eigenvalue weighted by atomic mass is 9.99. The first kappa shape index (κ1) is 20.7. The lowest BCUT2D eigenvalue weighted by Crippen LogP contribution is -2.42. The molecule has 7 heteroatoms. The summed E-state index contributed by atoms with van der Waals surface area (Å²) >= 11 is 0. The molecule has 166 valence electrons. The maximum absolute atomic E-state index is 12.7. The minimum Gasteiger partial charge on any atom is -0.507 e. The van der Waals surface area contributed by atoms with Crippen molar-refractivity contribution in [3.63, 3.8) is 0 Å². The molecule has 32 heavy (non-hydrogen) atoms. The van der Waals surface area contributed by atoms with Crippen molar-refractivity contribution in [2.24, 2.45) is 5.92 Å². The molecular formula is C25H28N4O3. The first-order valence-corrected chi connectivity index (χ1v) is 11.3. The van der Waals surface area contributed by atoms with E-state index in [4.69, 9.17) is 14.7 Å². The Labute approximate surface area is 187 Å². The number of hydrogen-bond donors (Lipinski definition) is 2. The fraction of sp³-hybridized carbons (Fsp3) is 0.400. The minimum atomic E-state index is 0.0494. The molecule has 3 heterocycles. The lowest BCUT2D eigenvalue weighted by Gasteiger charge is -2.24. The van der Waals surface area contributed by atoms with Crippen molar-refractivity contribution in [3.8, 4) is 17.1 Å². The summed E-state index contributed by atoms with van der Waals surface area (Å²) in [5.41, 5.74) is 2.58. The van der Waals surface area contributed by atoms with Crippen LogP contribution in [0.3, 0.4) is 0 Å². The third-order valence-corrected chi connectivity index (χ3v) is 6.40. The second-order valence-electron chi connectivity index (χ2n) is 8.74. The van der Waals surface area contributed by atoms with E-state index in [0.29, 0.717) is 31.1 Å². The number of hydrogen-bond acceptors (Lipinski definition) is 6. The fourth-order valence-electron chi connectivity index (χ4n) is 4.60. The molecule has 3 aromatic rings. The zero-order chi connectivity index (χ0) is 22.1. The zero-order valence-corrected chi connectivity index (χ0v) is 18.3. The van der Waals surface area contributed by atoms with E-state index in [-0.39, 0.29) is 23.6 Å². The highest BCUT2D eigenvalue weighted by Gasteiger charge is 2.29. The number of carbonyl (C=O) groups excluding carboxylic acids is 1. The van der Waals surface area contributed by atoms with E-state index in [0.717, 1.165) is 48.1 Å². The van der Waals surface area contributed by atoms with E-state index in [2.05, 4.69) is 22.3 Å². The van der Waals surface area contributed by atoms with Crippen LogP contribution in [-0.2, 0) is 9.53 Å². The van der Waals surface area contributed by atoms with Gasteiger partial charge in [-0.05, 0) is 56.0 Å². The number of fused-ring (bicyclic) bond motifs is 1. The van der Waals surface area contributed by atoms with Crippen molar-refractivity contribution >= 4 is 22.6 Å². The molecule has 2 saturated heterocycles. The average molecular weight is 433 g/mol. The summed E-state index contributed by atoms with van der Waals surface area (Å²) in [5, 5.41) is 14.6. The van der Waals surface area contributed by atoms with E-state index in [1.54, 1.807) is 12.1 Å². The summed E-state index contributed by atoms with van der Waals surface area (Å²) in [5.74, 6) is 1.70. The molecule has 1 unspecified atom stereocenters. The number of carbonyl (C=O) groups is 1. The van der Waals surface area contributed by atoms with Crippen molar-refractivity contribution < 1.29 is 14.6 Å². The number of anilines is 1. The van der Waals surface area contributed by atoms with Gasteiger partial charge in [0.25, 0.3) is 0 Å². The summed E-state index contributed by atoms with van der Waals surface area (Å²) in [7, 11) is 0. The predicted octanol–water partition coefficient (Wildman–Crippen LogP) is 3.43. The Morgan fingerprint density at radius 2 is 1.94 bits per heavy atom. The Balaban J connectivity index is 1.43. The first-order chi connectivity index (χ1) is 15.6. The van der Waals surface area contributed by atoms with Gasteiger partial charge in [0.15, 0.2) is 5.82 Å². The second kappa shape index (κ2) is 8.74. The van der Waals surface area contributed by atoms with Crippen LogP contribution in [0.25, 0.3) is 22.3 Å². The van der Waals surface area contributed by atoms with Gasteiger partial charge in [0.1, 0.15) is 11.6 Å². The van der Waals surface area contributed by atoms with Gasteiger partial charge in [-0.15, -0.1) is 0 Å². The minimum absolute atomic E-state index is 0.0494. The highest BCUT2D eigenvalue weighted by molar-refractivity contribution is 5.92. The van der Waals surface area contributed by atoms with Crippen molar-refractivity contribution in [2.45, 2.75) is 32.2 Å². The summed E-state index contributed by atoms with van der Waals surface area (Å²) < 4.78 is 5.38. The number of aromatic nitrogens is 2. The second-order valence-corrected chi connectivity index (χ2v) is 8.74. The number of phenolic OH excluding ortho intramolecular Hbond substituents is 1. The molecule has 0 spiro atoms. The van der Waals surface area contributed by atoms with E-state index in [1.165, 1.54) is 0 Å². The van der Waals surface area contributed by atoms with Crippen molar-refractivity contribution in [2.75, 3.05) is 31.2 Å². The van der Waals surface area contributed by atoms with Gasteiger partial charge >= 0.3 is 0 Å². The number of amides is 1. The molecule has 2 aromatic carbocycles. The van der Waals surface area contributed by atoms with Crippen LogP contribution < -0.4 is 10.2 Å². The third-order valence-electron chi connectivity index (χ3n) is 6.40. The number of ether oxygens (including phenoxy) is 1. The number of benzene rings is 2. The fourth-order valence-corrected chi connectivity index (χ4v) is 4.60. The van der Waals surface area contributed by atoms with Crippen LogP contribution in [0.5, 0.6) is 5.75 Å². The normalized spacial score (nSPS) is 19.4. The number of nitrogens with zero attached hydrogens (tertiary/aromatic N) is 3. The number of rotatable bonds is 4. The van der Waals surface area contributed by atoms with Crippen LogP contribution in [0.1, 0.15) is 24.8 Å². The Morgan fingerprint density at radius 1 is 1.12 bits per heavy atom. The van der Waals surface area contributed by atoms with Gasteiger partial charge < -0.3 is 20.1 Å². The molecule has 0 bridgehead atoms. The number of aryl methyl sites for hydroxylation is 1. The van der Waals surface area contributed by atoms with Gasteiger partial charge in [0, 0.05) is 43.6 Å². The topological polar surface area (TPSA) is 87.6 Å². The zero-order valence-electron chi connectivity index (χ0n) is 18.3. The Kier molecular flexibility index (Phi) is 5.66. The molecule has 1 aromatic heterocycles. The largest absolute Gasteiger partial charge is 0.507 e. The van der Waals surface area contributed by atoms with Crippen molar-refractivity contribution in [1.82, 2.24) is 15.3 Å². The number of phenols is 1. The predicted molar refractivity (Wildman–Crippen MR) is 124 cm³/mol. The summed E-state index contributed by atoms with van der Waals surface area (Å²) in [6.07, 6.45) is 2.46. The van der Waals surface area contributed by atoms with Crippen LogP contribution in [0.2, 0.25) is 0 Å². The molecule has 7 nitrogen and oxygen atoms in total. The van der Waals surface area contributed by atoms with Crippen molar-refractivity contribution in [3.05, 3.63) is 48.0 Å². The van der Waals surface area contributed by atoms with Gasteiger partial charge in [-0.2, -0.15) is 0 Å². The van der Waals surface area contributed by atoms with E-state index < -0.39 is 0 Å². The molecule has 2 aliphatic rings. The van der Waals surface area contributed by atoms with Crippen LogP contribution in [0.4, 0.5) is 5.82 Å². The molecular weight excluding hydrogens is 404 g/mol. The van der Waals surface area contributed by atoms with Crippen LogP contribution in [0.15, 0.2) is 42.5 Å². The van der Waals surface area contributed by atoms with E-state index in [9.17, 15) is 9.90 Å². The highest BCUT2D eigenvalue weighted by Crippen LogP contribution is 2.33. The molecule has 1 atom stereocenters. The van der Waals surface area contributed by atoms with Crippen LogP contribution in [-0.4, -0.2) is 53.3 Å². The van der Waals surface area contributed by atoms with Gasteiger partial charge in [0.05, 0.1) is 11.1 Å². The summed E-state index contributed by atoms with van der Waals surface area (Å²) in [6, 6.07) is 13.4. The molecule has 0 radical (unpaired) electrons. The standard InChI is InChI=1S/C25H28N4O3/c1-16-6-7-19-21(14-16)27-23(20-4-2-3-5-22(20)30)28-24(19)29-11-8-18(15-29)26-25(31)17-9-12-32-13-10-17/h2-7,14,17-18,30H,8-13,15H2,1H3,(H,26,31). The van der Waals surface area contributed by atoms with Gasteiger partial charge in [-0.1, -0.05) is 18.2 Å². The van der Waals surface area contributed by atoms with Crippen LogP contribution in [0, 0.1) is 12.8 Å². The van der Waals surface area contributed by atoms with E-state index in [1.807, 2.05) is 25.1 Å². The van der Waals surface area contributed by atoms with Gasteiger partial charge in [0.2, 0.25) is 5.91 Å². The number of nitrogens with one attached hydrogen (secondary N) is 1. The monoisotopic (exact) mass is 432 g/mol. The lowest BCUT2D eigenvalue weighted by molar-refractivity contribution is -0.128. The maximum Gasteiger partial charge on any atom is 0.223 e. The average Bonchev–Trinajstić information content (AvgIpc) is 3.27. The highest BCUT2D eigenvalue weighted by atomic mass is 16.5. The molecule has 2 aliphatic heterocycles. The summed E-state index contributed by atoms with van der Waals surface area (Å²) in [4.78, 5) is 24.5. The third kappa shape index (κ3) is 4.12. The quantitative estimate of drug-likeness (QED) is 0.657. The van der Waals surface area contributed by atoms with Crippen molar-refractivity contribution in [1.29, 1.82) is 0 Å². The summed E-state index contributed by atoms with van der Waals surface area (Å²) in [6.45, 7) is 4.87. The molecule has 1 amide bonds. The van der Waals surface area contributed by atoms with E-state index >= 15 is 0 Å². The maximum atomic E-state index is 12.7. The molecule has 0 aliphatic carbocycles. The Bertz CT molecular complexity index is 1140. The molecule has 0 saturated carbocycles. The van der Waals surface area contributed by atoms with Gasteiger partial charge in [-0.3, -0.25) is 4.79 Å². The Hall–Kier alpha value is -3.19. The smallest absolute Gasteiger partial charge is 0.223 e. The SMILES string of the molecule is Cc1ccc2c(N3CCC(NC(=O)C4CCOCC4)C3)nc(-c3ccccc3O)nc2c1. The van der Waals surface area contributed by atoms with Gasteiger partial charge in [-0.25, -0.2) is 9.97 Å². The first-order valence-electron chi connectivity index (χ1n) is 11.3. The molecule has 2 fully saturated rings. The molecule has 5 rings (SSSR count). The molecule has 2 N–H and O–H groups in total. The Morgan fingerprint density at radius 3 is 2.75 bits per heavy atom. The number of aromatic hydroxyl groups is 1. The van der Waals surface area contributed by atoms with Crippen LogP contribution >= 0.6 is 0 Å².